The van der Waals surface area contributed by atoms with Crippen molar-refractivity contribution in [1.29, 1.82) is 0 Å². The summed E-state index contributed by atoms with van der Waals surface area (Å²) in [6.07, 6.45) is 0.532. The van der Waals surface area contributed by atoms with Gasteiger partial charge in [0.15, 0.2) is 0 Å². The molecule has 1 aliphatic rings. The Balaban J connectivity index is 0.000000160. The largest absolute Gasteiger partial charge is 0.477 e. The van der Waals surface area contributed by atoms with E-state index in [9.17, 15) is 14.4 Å². The van der Waals surface area contributed by atoms with Gasteiger partial charge >= 0.3 is 5.97 Å². The molecule has 0 atom stereocenters. The van der Waals surface area contributed by atoms with Crippen LogP contribution < -0.4 is 0 Å². The molecule has 0 spiro atoms. The molecule has 1 saturated heterocycles. The number of benzene rings is 1. The minimum absolute atomic E-state index is 0.233. The average Bonchev–Trinajstić information content (AvgIpc) is 2.99. The summed E-state index contributed by atoms with van der Waals surface area (Å²) in [4.78, 5) is 34.1. The molecule has 3 rings (SSSR count). The maximum atomic E-state index is 10.5. The van der Waals surface area contributed by atoms with Gasteiger partial charge in [0, 0.05) is 35.5 Å². The van der Waals surface area contributed by atoms with Crippen LogP contribution in [-0.2, 0) is 9.59 Å². The lowest BCUT2D eigenvalue weighted by Gasteiger charge is -1.96. The van der Waals surface area contributed by atoms with E-state index in [4.69, 9.17) is 16.9 Å². The van der Waals surface area contributed by atoms with Gasteiger partial charge in [-0.05, 0) is 12.1 Å². The number of para-hydroxylation sites is 1. The van der Waals surface area contributed by atoms with Crippen LogP contribution in [0.5, 0.6) is 0 Å². The molecule has 0 saturated carbocycles. The monoisotopic (exact) mass is 294 g/mol. The summed E-state index contributed by atoms with van der Waals surface area (Å²) in [6, 6.07) is 9.09. The molecule has 0 aliphatic carbocycles. The Morgan fingerprint density at radius 2 is 1.80 bits per heavy atom. The Morgan fingerprint density at radius 3 is 2.25 bits per heavy atom. The summed E-state index contributed by atoms with van der Waals surface area (Å²) < 4.78 is 0.639. The Kier molecular flexibility index (Phi) is 4.05. The topological polar surface area (TPSA) is 90.5 Å². The quantitative estimate of drug-likeness (QED) is 0.623. The van der Waals surface area contributed by atoms with Crippen molar-refractivity contribution in [3.05, 3.63) is 36.0 Å². The lowest BCUT2D eigenvalue weighted by Crippen LogP contribution is -2.16. The van der Waals surface area contributed by atoms with Gasteiger partial charge in [0.1, 0.15) is 5.69 Å². The van der Waals surface area contributed by atoms with Crippen molar-refractivity contribution in [3.63, 3.8) is 0 Å². The highest BCUT2D eigenvalue weighted by Gasteiger charge is 2.26. The molecule has 1 aromatic carbocycles. The second-order valence-electron chi connectivity index (χ2n) is 4.14. The van der Waals surface area contributed by atoms with E-state index in [0.29, 0.717) is 4.42 Å². The zero-order valence-corrected chi connectivity index (χ0v) is 11.1. The number of aromatic carboxylic acids is 1. The number of H-pyrrole nitrogens is 1. The SMILES string of the molecule is O=C(O)c1cc2ccccc2[nH]1.O=C1CCC(=O)N1Cl. The summed E-state index contributed by atoms with van der Waals surface area (Å²) in [5, 5.41) is 9.58. The second kappa shape index (κ2) is 5.75. The number of fused-ring (bicyclic) bond motifs is 1. The number of nitrogens with zero attached hydrogens (tertiary/aromatic N) is 1. The van der Waals surface area contributed by atoms with Crippen LogP contribution in [0.25, 0.3) is 10.9 Å². The average molecular weight is 295 g/mol. The Bertz CT molecular complexity index is 631. The predicted octanol–water partition coefficient (Wildman–Crippen LogP) is 2.16. The number of carboxylic acids is 1. The first-order valence-corrected chi connectivity index (χ1v) is 6.15. The van der Waals surface area contributed by atoms with Crippen molar-refractivity contribution < 1.29 is 19.5 Å². The first-order chi connectivity index (χ1) is 9.49. The Labute approximate surface area is 119 Å². The van der Waals surface area contributed by atoms with Crippen LogP contribution in [0.3, 0.4) is 0 Å². The number of nitrogens with one attached hydrogen (secondary N) is 1. The number of hydrogen-bond acceptors (Lipinski definition) is 3. The van der Waals surface area contributed by atoms with Crippen LogP contribution in [0.2, 0.25) is 0 Å². The fourth-order valence-corrected chi connectivity index (χ4v) is 1.91. The van der Waals surface area contributed by atoms with E-state index in [1.807, 2.05) is 24.3 Å². The predicted molar refractivity (Wildman–Crippen MR) is 72.2 cm³/mol. The molecule has 1 aromatic heterocycles. The number of rotatable bonds is 1. The summed E-state index contributed by atoms with van der Waals surface area (Å²) in [7, 11) is 0. The highest BCUT2D eigenvalue weighted by molar-refractivity contribution is 6.32. The molecule has 1 fully saturated rings. The van der Waals surface area contributed by atoms with E-state index >= 15 is 0 Å². The van der Waals surface area contributed by atoms with Gasteiger partial charge in [-0.2, -0.15) is 4.42 Å². The smallest absolute Gasteiger partial charge is 0.352 e. The first kappa shape index (κ1) is 14.1. The third-order valence-corrected chi connectivity index (χ3v) is 3.13. The van der Waals surface area contributed by atoms with Crippen LogP contribution in [0, 0.1) is 0 Å². The maximum Gasteiger partial charge on any atom is 0.352 e. The summed E-state index contributed by atoms with van der Waals surface area (Å²) in [5.74, 6) is -1.51. The fourth-order valence-electron chi connectivity index (χ4n) is 1.74. The highest BCUT2D eigenvalue weighted by Crippen LogP contribution is 2.14. The van der Waals surface area contributed by atoms with Crippen LogP contribution >= 0.6 is 11.8 Å². The number of carbonyl (C=O) groups is 3. The summed E-state index contributed by atoms with van der Waals surface area (Å²) >= 11 is 5.15. The minimum Gasteiger partial charge on any atom is -0.477 e. The third kappa shape index (κ3) is 2.97. The molecule has 0 radical (unpaired) electrons. The molecule has 104 valence electrons. The van der Waals surface area contributed by atoms with Crippen molar-refractivity contribution in [2.75, 3.05) is 0 Å². The van der Waals surface area contributed by atoms with Gasteiger partial charge in [-0.3, -0.25) is 9.59 Å². The van der Waals surface area contributed by atoms with Gasteiger partial charge in [-0.1, -0.05) is 18.2 Å². The molecule has 0 unspecified atom stereocenters. The summed E-state index contributed by atoms with van der Waals surface area (Å²) in [6.45, 7) is 0. The zero-order chi connectivity index (χ0) is 14.7. The number of imide groups is 1. The number of amides is 2. The summed E-state index contributed by atoms with van der Waals surface area (Å²) in [5.41, 5.74) is 1.09. The van der Waals surface area contributed by atoms with E-state index in [1.54, 1.807) is 6.07 Å². The molecule has 0 bridgehead atoms. The number of carbonyl (C=O) groups excluding carboxylic acids is 2. The number of aromatic amines is 1. The van der Waals surface area contributed by atoms with Crippen molar-refractivity contribution in [1.82, 2.24) is 9.40 Å². The minimum atomic E-state index is -0.925. The van der Waals surface area contributed by atoms with Crippen LogP contribution in [0.1, 0.15) is 23.3 Å². The molecular weight excluding hydrogens is 284 g/mol. The molecule has 1 aliphatic heterocycles. The highest BCUT2D eigenvalue weighted by atomic mass is 35.5. The molecular formula is C13H11ClN2O4. The molecule has 20 heavy (non-hydrogen) atoms. The lowest BCUT2D eigenvalue weighted by molar-refractivity contribution is -0.132. The second-order valence-corrected chi connectivity index (χ2v) is 4.48. The molecule has 2 N–H and O–H groups in total. The van der Waals surface area contributed by atoms with Gasteiger partial charge in [-0.15, -0.1) is 0 Å². The van der Waals surface area contributed by atoms with Gasteiger partial charge in [0.05, 0.1) is 0 Å². The fraction of sp³-hybridized carbons (Fsp3) is 0.154. The number of carboxylic acid groups (broad SMARTS) is 1. The normalized spacial score (nSPS) is 14.3. The van der Waals surface area contributed by atoms with E-state index < -0.39 is 5.97 Å². The molecule has 7 heteroatoms. The standard InChI is InChI=1S/C9H7NO2.C4H4ClNO2/c11-9(12)8-5-6-3-1-2-4-7(6)10-8;5-6-3(7)1-2-4(6)8/h1-5,10H,(H,11,12);1-2H2. The van der Waals surface area contributed by atoms with E-state index in [0.717, 1.165) is 10.9 Å². The molecule has 6 nitrogen and oxygen atoms in total. The van der Waals surface area contributed by atoms with Gasteiger partial charge in [0.25, 0.3) is 0 Å². The van der Waals surface area contributed by atoms with Gasteiger partial charge < -0.3 is 10.1 Å². The van der Waals surface area contributed by atoms with E-state index in [-0.39, 0.29) is 30.3 Å². The van der Waals surface area contributed by atoms with Gasteiger partial charge in [-0.25, -0.2) is 4.79 Å². The first-order valence-electron chi connectivity index (χ1n) is 5.81. The number of halogens is 1. The molecule has 2 aromatic rings. The zero-order valence-electron chi connectivity index (χ0n) is 10.3. The van der Waals surface area contributed by atoms with Gasteiger partial charge in [0.2, 0.25) is 11.8 Å². The van der Waals surface area contributed by atoms with Crippen molar-refractivity contribution in [2.24, 2.45) is 0 Å². The van der Waals surface area contributed by atoms with Crippen LogP contribution in [0.4, 0.5) is 0 Å². The van der Waals surface area contributed by atoms with E-state index in [2.05, 4.69) is 4.98 Å². The third-order valence-electron chi connectivity index (χ3n) is 2.75. The Hall–Kier alpha value is -2.34. The van der Waals surface area contributed by atoms with Crippen molar-refractivity contribution in [2.45, 2.75) is 12.8 Å². The number of hydrogen-bond donors (Lipinski definition) is 2. The lowest BCUT2D eigenvalue weighted by atomic mass is 10.2. The van der Waals surface area contributed by atoms with Crippen LogP contribution in [-0.4, -0.2) is 32.3 Å². The van der Waals surface area contributed by atoms with Crippen LogP contribution in [0.15, 0.2) is 30.3 Å². The maximum absolute atomic E-state index is 10.5. The van der Waals surface area contributed by atoms with Crippen molar-refractivity contribution in [3.8, 4) is 0 Å². The number of aromatic nitrogens is 1. The van der Waals surface area contributed by atoms with Crippen molar-refractivity contribution >= 4 is 40.5 Å². The molecule has 2 heterocycles. The van der Waals surface area contributed by atoms with E-state index in [1.165, 1.54) is 0 Å². The molecule has 2 amide bonds. The Morgan fingerprint density at radius 1 is 1.20 bits per heavy atom.